The van der Waals surface area contributed by atoms with Gasteiger partial charge in [-0.15, -0.1) is 0 Å². The molecular weight excluding hydrogens is 577 g/mol. The van der Waals surface area contributed by atoms with Gasteiger partial charge in [0.25, 0.3) is 0 Å². The van der Waals surface area contributed by atoms with Gasteiger partial charge in [0.1, 0.15) is 0 Å². The fourth-order valence-corrected chi connectivity index (χ4v) is 9.41. The highest BCUT2D eigenvalue weighted by atomic mass is 31.2. The molecular formula is C43H30NOP. The van der Waals surface area contributed by atoms with Crippen LogP contribution in [0.5, 0.6) is 0 Å². The number of hydrogen-bond acceptors (Lipinski definition) is 2. The Balaban J connectivity index is 1.38. The minimum Gasteiger partial charge on any atom is -0.309 e. The van der Waals surface area contributed by atoms with E-state index in [1.807, 2.05) is 79.0 Å². The molecule has 2 nitrogen and oxygen atoms in total. The standard InChI is InChI=1S/C43H30NOP/c45-46(35-18-3-1-4-19-35,36-20-5-2-6-21-36)37-22-12-16-33(29-37)43-40-25-9-7-23-38(40)42(39-24-8-10-26-41(39)43)32-15-11-14-31(28-32)34-17-13-27-44-30-34/h1-30H. The summed E-state index contributed by atoms with van der Waals surface area (Å²) in [5.74, 6) is 0. The largest absolute Gasteiger partial charge is 0.309 e. The van der Waals surface area contributed by atoms with E-state index in [2.05, 4.69) is 102 Å². The number of nitrogens with zero attached hydrogens (tertiary/aromatic N) is 1. The van der Waals surface area contributed by atoms with Gasteiger partial charge < -0.3 is 4.57 Å². The van der Waals surface area contributed by atoms with E-state index in [-0.39, 0.29) is 0 Å². The first-order chi connectivity index (χ1) is 22.7. The van der Waals surface area contributed by atoms with Crippen LogP contribution in [0.2, 0.25) is 0 Å². The van der Waals surface area contributed by atoms with Crippen molar-refractivity contribution < 1.29 is 4.57 Å². The Morgan fingerprint density at radius 2 is 0.804 bits per heavy atom. The molecule has 0 saturated heterocycles. The normalized spacial score (nSPS) is 11.6. The first-order valence-corrected chi connectivity index (χ1v) is 17.2. The third-order valence-electron chi connectivity index (χ3n) is 8.82. The number of fused-ring (bicyclic) bond motifs is 2. The maximum absolute atomic E-state index is 15.3. The lowest BCUT2D eigenvalue weighted by molar-refractivity contribution is 0.592. The van der Waals surface area contributed by atoms with Crippen LogP contribution in [0.3, 0.4) is 0 Å². The van der Waals surface area contributed by atoms with Gasteiger partial charge in [-0.3, -0.25) is 4.98 Å². The molecule has 46 heavy (non-hydrogen) atoms. The van der Waals surface area contributed by atoms with Gasteiger partial charge in [0.15, 0.2) is 7.14 Å². The van der Waals surface area contributed by atoms with E-state index in [1.165, 1.54) is 16.3 Å². The third-order valence-corrected chi connectivity index (χ3v) is 11.9. The van der Waals surface area contributed by atoms with Crippen molar-refractivity contribution >= 4 is 44.6 Å². The van der Waals surface area contributed by atoms with Gasteiger partial charge in [-0.25, -0.2) is 0 Å². The lowest BCUT2D eigenvalue weighted by Crippen LogP contribution is -2.25. The molecule has 0 unspecified atom stereocenters. The van der Waals surface area contributed by atoms with Crippen molar-refractivity contribution in [1.82, 2.24) is 4.98 Å². The average Bonchev–Trinajstić information content (AvgIpc) is 3.14. The molecule has 1 heterocycles. The Bertz CT molecular complexity index is 2280. The first kappa shape index (κ1) is 28.0. The van der Waals surface area contributed by atoms with Gasteiger partial charge >= 0.3 is 0 Å². The molecule has 0 bridgehead atoms. The molecule has 0 saturated carbocycles. The van der Waals surface area contributed by atoms with E-state index < -0.39 is 7.14 Å². The zero-order valence-corrected chi connectivity index (χ0v) is 26.0. The Hall–Kier alpha value is -5.56. The van der Waals surface area contributed by atoms with Crippen molar-refractivity contribution in [1.29, 1.82) is 0 Å². The monoisotopic (exact) mass is 607 g/mol. The smallest absolute Gasteiger partial charge is 0.171 e. The van der Waals surface area contributed by atoms with Crippen molar-refractivity contribution in [3.8, 4) is 33.4 Å². The summed E-state index contributed by atoms with van der Waals surface area (Å²) in [4.78, 5) is 4.35. The molecule has 0 fully saturated rings. The highest BCUT2D eigenvalue weighted by Gasteiger charge is 2.30. The lowest BCUT2D eigenvalue weighted by Gasteiger charge is -2.22. The number of aromatic nitrogens is 1. The highest BCUT2D eigenvalue weighted by molar-refractivity contribution is 7.85. The maximum Gasteiger partial charge on any atom is 0.171 e. The molecule has 218 valence electrons. The summed E-state index contributed by atoms with van der Waals surface area (Å²) in [6, 6.07) is 58.3. The first-order valence-electron chi connectivity index (χ1n) is 15.5. The second kappa shape index (κ2) is 11.7. The highest BCUT2D eigenvalue weighted by Crippen LogP contribution is 2.46. The molecule has 0 amide bonds. The molecule has 1 aromatic heterocycles. The van der Waals surface area contributed by atoms with E-state index in [9.17, 15) is 0 Å². The average molecular weight is 608 g/mol. The summed E-state index contributed by atoms with van der Waals surface area (Å²) >= 11 is 0. The zero-order chi connectivity index (χ0) is 30.9. The predicted molar refractivity (Wildman–Crippen MR) is 195 cm³/mol. The number of rotatable bonds is 6. The molecule has 0 spiro atoms. The van der Waals surface area contributed by atoms with E-state index in [0.717, 1.165) is 54.5 Å². The van der Waals surface area contributed by atoms with Gasteiger partial charge in [0.2, 0.25) is 0 Å². The van der Waals surface area contributed by atoms with Crippen LogP contribution in [0.4, 0.5) is 0 Å². The van der Waals surface area contributed by atoms with E-state index >= 15 is 4.57 Å². The SMILES string of the molecule is O=P(c1ccccc1)(c1ccccc1)c1cccc(-c2c3ccccc3c(-c3cccc(-c4cccnc4)c3)c3ccccc23)c1. The van der Waals surface area contributed by atoms with Crippen molar-refractivity contribution in [3.63, 3.8) is 0 Å². The summed E-state index contributed by atoms with van der Waals surface area (Å²) in [6.07, 6.45) is 3.72. The molecule has 8 aromatic rings. The second-order valence-corrected chi connectivity index (χ2v) is 14.3. The van der Waals surface area contributed by atoms with Crippen LogP contribution in [-0.4, -0.2) is 4.98 Å². The molecule has 0 atom stereocenters. The quantitative estimate of drug-likeness (QED) is 0.139. The van der Waals surface area contributed by atoms with Crippen LogP contribution in [0.15, 0.2) is 182 Å². The molecule has 7 aromatic carbocycles. The molecule has 0 aliphatic rings. The van der Waals surface area contributed by atoms with E-state index in [4.69, 9.17) is 0 Å². The predicted octanol–water partition coefficient (Wildman–Crippen LogP) is 10.0. The summed E-state index contributed by atoms with van der Waals surface area (Å²) in [6.45, 7) is 0. The summed E-state index contributed by atoms with van der Waals surface area (Å²) < 4.78 is 15.3. The number of benzene rings is 7. The maximum atomic E-state index is 15.3. The minimum absolute atomic E-state index is 0.823. The van der Waals surface area contributed by atoms with Crippen LogP contribution in [0.25, 0.3) is 54.9 Å². The lowest BCUT2D eigenvalue weighted by atomic mass is 9.85. The topological polar surface area (TPSA) is 30.0 Å². The van der Waals surface area contributed by atoms with Gasteiger partial charge in [0.05, 0.1) is 0 Å². The third kappa shape index (κ3) is 4.76. The van der Waals surface area contributed by atoms with Gasteiger partial charge in [-0.05, 0) is 67.6 Å². The van der Waals surface area contributed by atoms with Gasteiger partial charge in [0, 0.05) is 33.9 Å². The Kier molecular flexibility index (Phi) is 7.14. The van der Waals surface area contributed by atoms with E-state index in [1.54, 1.807) is 6.20 Å². The van der Waals surface area contributed by atoms with Crippen molar-refractivity contribution in [3.05, 3.63) is 182 Å². The molecule has 3 heteroatoms. The van der Waals surface area contributed by atoms with E-state index in [0.29, 0.717) is 0 Å². The molecule has 8 rings (SSSR count). The minimum atomic E-state index is -3.14. The van der Waals surface area contributed by atoms with Crippen LogP contribution in [0.1, 0.15) is 0 Å². The van der Waals surface area contributed by atoms with Crippen LogP contribution in [0, 0.1) is 0 Å². The second-order valence-electron chi connectivity index (χ2n) is 11.5. The Labute approximate surface area is 269 Å². The van der Waals surface area contributed by atoms with Crippen molar-refractivity contribution in [2.45, 2.75) is 0 Å². The molecule has 0 radical (unpaired) electrons. The number of hydrogen-bond donors (Lipinski definition) is 0. The Morgan fingerprint density at radius 3 is 1.33 bits per heavy atom. The Morgan fingerprint density at radius 1 is 0.370 bits per heavy atom. The number of pyridine rings is 1. The molecule has 0 N–H and O–H groups in total. The summed E-state index contributed by atoms with van der Waals surface area (Å²) in [7, 11) is -3.14. The summed E-state index contributed by atoms with van der Waals surface area (Å²) in [5.41, 5.74) is 6.78. The van der Waals surface area contributed by atoms with Crippen LogP contribution < -0.4 is 15.9 Å². The van der Waals surface area contributed by atoms with Crippen LogP contribution in [-0.2, 0) is 4.57 Å². The zero-order valence-electron chi connectivity index (χ0n) is 25.1. The summed E-state index contributed by atoms with van der Waals surface area (Å²) in [5, 5.41) is 7.17. The van der Waals surface area contributed by atoms with Crippen molar-refractivity contribution in [2.75, 3.05) is 0 Å². The van der Waals surface area contributed by atoms with Gasteiger partial charge in [-0.1, -0.05) is 152 Å². The fourth-order valence-electron chi connectivity index (χ4n) is 6.72. The van der Waals surface area contributed by atoms with Crippen LogP contribution >= 0.6 is 7.14 Å². The van der Waals surface area contributed by atoms with Gasteiger partial charge in [-0.2, -0.15) is 0 Å². The molecule has 0 aliphatic heterocycles. The van der Waals surface area contributed by atoms with Crippen molar-refractivity contribution in [2.24, 2.45) is 0 Å². The molecule has 0 aliphatic carbocycles. The fraction of sp³-hybridized carbons (Fsp3) is 0.